The van der Waals surface area contributed by atoms with E-state index in [1.807, 2.05) is 84.9 Å². The van der Waals surface area contributed by atoms with Gasteiger partial charge in [0.1, 0.15) is 0 Å². The number of pyridine rings is 3. The highest BCUT2D eigenvalue weighted by Crippen LogP contribution is 2.38. The lowest BCUT2D eigenvalue weighted by atomic mass is 9.88. The molecular weight excluding hydrogens is 979 g/mol. The fraction of sp³-hybridized carbons (Fsp3) is 0.476. The summed E-state index contributed by atoms with van der Waals surface area (Å²) in [7, 11) is 8.69. The van der Waals surface area contributed by atoms with Gasteiger partial charge in [-0.3, -0.25) is 24.2 Å². The van der Waals surface area contributed by atoms with E-state index in [1.165, 1.54) is 25.7 Å². The number of carbonyl (C=O) groups excluding carboxylic acids is 2. The second-order valence-corrected chi connectivity index (χ2v) is 22.0. The number of aromatic nitrogens is 3. The fourth-order valence-corrected chi connectivity index (χ4v) is 12.2. The Balaban J connectivity index is 0.000000242. The maximum absolute atomic E-state index is 13.6. The molecule has 2 fully saturated rings. The smallest absolute Gasteiger partial charge is 0.253 e. The molecule has 2 aliphatic carbocycles. The van der Waals surface area contributed by atoms with Crippen molar-refractivity contribution in [1.82, 2.24) is 35.4 Å². The third kappa shape index (κ3) is 14.8. The summed E-state index contributed by atoms with van der Waals surface area (Å²) in [5, 5.41) is 10.3. The van der Waals surface area contributed by atoms with E-state index >= 15 is 0 Å². The Labute approximate surface area is 462 Å². The Morgan fingerprint density at radius 3 is 1.30 bits per heavy atom. The number of nitrogens with zero attached hydrogens (tertiary/aromatic N) is 5. The fourth-order valence-electron chi connectivity index (χ4n) is 11.5. The molecule has 14 heteroatoms. The molecule has 4 N–H and O–H groups in total. The van der Waals surface area contributed by atoms with E-state index in [-0.39, 0.29) is 36.0 Å². The van der Waals surface area contributed by atoms with Crippen molar-refractivity contribution in [2.24, 2.45) is 0 Å². The van der Waals surface area contributed by atoms with Crippen LogP contribution in [0.1, 0.15) is 145 Å². The van der Waals surface area contributed by atoms with E-state index < -0.39 is 0 Å². The van der Waals surface area contributed by atoms with Crippen molar-refractivity contribution in [3.05, 3.63) is 154 Å². The van der Waals surface area contributed by atoms with Crippen LogP contribution < -0.4 is 31.6 Å². The van der Waals surface area contributed by atoms with Crippen molar-refractivity contribution in [3.8, 4) is 22.3 Å². The van der Waals surface area contributed by atoms with Gasteiger partial charge < -0.3 is 40.2 Å². The molecule has 0 aliphatic heterocycles. The Morgan fingerprint density at radius 2 is 0.948 bits per heavy atom. The van der Waals surface area contributed by atoms with E-state index in [9.17, 15) is 19.2 Å². The zero-order chi connectivity index (χ0) is 56.1. The maximum Gasteiger partial charge on any atom is 0.253 e. The maximum atomic E-state index is 13.6. The van der Waals surface area contributed by atoms with Crippen molar-refractivity contribution in [1.29, 1.82) is 0 Å². The number of hydrogen-bond acceptors (Lipinski definition) is 10. The molecule has 6 aromatic rings. The summed E-state index contributed by atoms with van der Waals surface area (Å²) >= 11 is 1.66. The van der Waals surface area contributed by atoms with E-state index in [4.69, 9.17) is 0 Å². The summed E-state index contributed by atoms with van der Waals surface area (Å²) in [5.41, 5.74) is 13.9. The summed E-state index contributed by atoms with van der Waals surface area (Å²) in [6.45, 7) is 22.2. The monoisotopic (exact) mass is 1070 g/mol. The molecule has 2 saturated carbocycles. The van der Waals surface area contributed by atoms with Crippen molar-refractivity contribution in [3.63, 3.8) is 0 Å². The van der Waals surface area contributed by atoms with Gasteiger partial charge in [0.05, 0.1) is 0 Å². The molecule has 13 nitrogen and oxygen atoms in total. The number of benzene rings is 2. The molecule has 0 atom stereocenters. The molecule has 0 radical (unpaired) electrons. The average molecular weight is 1070 g/mol. The van der Waals surface area contributed by atoms with Gasteiger partial charge in [0.15, 0.2) is 0 Å². The van der Waals surface area contributed by atoms with Crippen molar-refractivity contribution in [2.75, 3.05) is 51.1 Å². The van der Waals surface area contributed by atoms with Gasteiger partial charge in [-0.2, -0.15) is 11.3 Å². The van der Waals surface area contributed by atoms with Gasteiger partial charge in [0, 0.05) is 108 Å². The topological polar surface area (TPSA) is 150 Å². The number of H-pyrrole nitrogens is 2. The van der Waals surface area contributed by atoms with E-state index in [2.05, 4.69) is 123 Å². The Morgan fingerprint density at radius 1 is 0.558 bits per heavy atom. The number of carbonyl (C=O) groups is 2. The first-order valence-electron chi connectivity index (χ1n) is 27.9. The van der Waals surface area contributed by atoms with Gasteiger partial charge in [0.25, 0.3) is 22.9 Å². The highest BCUT2D eigenvalue weighted by molar-refractivity contribution is 7.08. The van der Waals surface area contributed by atoms with Crippen LogP contribution in [0.25, 0.3) is 22.3 Å². The molecule has 414 valence electrons. The Bertz CT molecular complexity index is 3020. The van der Waals surface area contributed by atoms with Crippen LogP contribution in [-0.4, -0.2) is 102 Å². The van der Waals surface area contributed by atoms with Crippen LogP contribution in [-0.2, 0) is 13.1 Å². The van der Waals surface area contributed by atoms with Gasteiger partial charge in [-0.25, -0.2) is 0 Å². The van der Waals surface area contributed by atoms with E-state index in [1.54, 1.807) is 23.7 Å². The van der Waals surface area contributed by atoms with Gasteiger partial charge in [0.2, 0.25) is 0 Å². The molecular formula is C63H87N9O4S. The Hall–Kier alpha value is -6.35. The highest BCUT2D eigenvalue weighted by atomic mass is 32.1. The van der Waals surface area contributed by atoms with Crippen molar-refractivity contribution in [2.45, 2.75) is 158 Å². The second kappa shape index (κ2) is 27.8. The predicted molar refractivity (Wildman–Crippen MR) is 321 cm³/mol. The third-order valence-corrected chi connectivity index (χ3v) is 16.6. The van der Waals surface area contributed by atoms with Crippen LogP contribution in [0.3, 0.4) is 0 Å². The van der Waals surface area contributed by atoms with Gasteiger partial charge in [-0.1, -0.05) is 13.8 Å². The quantitative estimate of drug-likeness (QED) is 0.0743. The zero-order valence-electron chi connectivity index (χ0n) is 48.6. The van der Waals surface area contributed by atoms with Crippen molar-refractivity contribution < 1.29 is 9.59 Å². The molecule has 4 heterocycles. The number of amides is 2. The average Bonchev–Trinajstić information content (AvgIpc) is 3.97. The Kier molecular flexibility index (Phi) is 21.6. The standard InChI is InChI=1S/C31H41N5O2.C30H40N4O2S.C2H6/c1-7-36(26-10-8-25(9-11-26)35(5)6)29-18-24(23-12-14-32-15-13-23)17-27(22(29)4)30(37)33-19-28-20(2)16-21(3)34-31(28)38;1-7-34(25-10-8-24(9-11-25)33(5)6)28-16-23(22-12-13-37-18-22)15-26(21(28)4)29(35)31-17-27-19(2)14-20(3)32-30(27)36;1-2/h12-18,25-26H,7-11,19H2,1-6H3,(H,33,37)(H,34,38);12-16,18,24-25H,7-11,17H2,1-6H3,(H,31,35)(H,32,36);1-2H3. The molecule has 0 saturated heterocycles. The summed E-state index contributed by atoms with van der Waals surface area (Å²) in [4.78, 5) is 71.7. The summed E-state index contributed by atoms with van der Waals surface area (Å²) in [6.07, 6.45) is 12.8. The molecule has 0 bridgehead atoms. The predicted octanol–water partition coefficient (Wildman–Crippen LogP) is 11.7. The zero-order valence-corrected chi connectivity index (χ0v) is 49.4. The summed E-state index contributed by atoms with van der Waals surface area (Å²) < 4.78 is 0. The normalized spacial score (nSPS) is 17.2. The molecule has 77 heavy (non-hydrogen) atoms. The van der Waals surface area contributed by atoms with Gasteiger partial charge in [-0.05, 0) is 245 Å². The minimum atomic E-state index is -0.175. The molecule has 0 unspecified atom stereocenters. The van der Waals surface area contributed by atoms with Crippen LogP contribution in [0.5, 0.6) is 0 Å². The minimum Gasteiger partial charge on any atom is -0.369 e. The molecule has 0 spiro atoms. The van der Waals surface area contributed by atoms with Crippen LogP contribution in [0, 0.1) is 41.5 Å². The van der Waals surface area contributed by atoms with Crippen LogP contribution >= 0.6 is 11.3 Å². The number of thiophene rings is 1. The van der Waals surface area contributed by atoms with E-state index in [0.29, 0.717) is 46.4 Å². The van der Waals surface area contributed by atoms with Crippen molar-refractivity contribution >= 4 is 34.5 Å². The van der Waals surface area contributed by atoms with Crippen LogP contribution in [0.4, 0.5) is 11.4 Å². The molecule has 2 aliphatic rings. The first kappa shape index (κ1) is 59.9. The molecule has 8 rings (SSSR count). The van der Waals surface area contributed by atoms with Gasteiger partial charge in [-0.15, -0.1) is 0 Å². The summed E-state index contributed by atoms with van der Waals surface area (Å²) in [5.74, 6) is -0.325. The minimum absolute atomic E-state index is 0.146. The lowest BCUT2D eigenvalue weighted by Gasteiger charge is -2.40. The SMILES string of the molecule is CC.CCN(c1cc(-c2ccncc2)cc(C(=O)NCc2c(C)cc(C)[nH]c2=O)c1C)C1CCC(N(C)C)CC1.CCN(c1cc(-c2ccsc2)cc(C(=O)NCc2c(C)cc(C)[nH]c2=O)c1C)C1CCC(N(C)C)CC1. The number of nitrogens with one attached hydrogen (secondary N) is 4. The molecule has 2 amide bonds. The number of aromatic amines is 2. The first-order valence-corrected chi connectivity index (χ1v) is 28.9. The lowest BCUT2D eigenvalue weighted by molar-refractivity contribution is 0.0942. The lowest BCUT2D eigenvalue weighted by Crippen LogP contribution is -2.42. The van der Waals surface area contributed by atoms with Crippen LogP contribution in [0.15, 0.2) is 87.3 Å². The number of aryl methyl sites for hydroxylation is 4. The van der Waals surface area contributed by atoms with Gasteiger partial charge >= 0.3 is 0 Å². The summed E-state index contributed by atoms with van der Waals surface area (Å²) in [6, 6.07) is 20.5. The highest BCUT2D eigenvalue weighted by Gasteiger charge is 2.30. The number of anilines is 2. The van der Waals surface area contributed by atoms with Crippen LogP contribution in [0.2, 0.25) is 0 Å². The number of hydrogen-bond donors (Lipinski definition) is 4. The third-order valence-electron chi connectivity index (χ3n) is 15.9. The molecule has 4 aromatic heterocycles. The largest absolute Gasteiger partial charge is 0.369 e. The van der Waals surface area contributed by atoms with E-state index in [0.717, 1.165) is 106 Å². The first-order chi connectivity index (χ1) is 36.9. The second-order valence-electron chi connectivity index (χ2n) is 21.3. The molecule has 2 aromatic carbocycles. The number of rotatable bonds is 16.